The summed E-state index contributed by atoms with van der Waals surface area (Å²) in [5.41, 5.74) is 1.25. The van der Waals surface area contributed by atoms with Gasteiger partial charge in [-0.3, -0.25) is 0 Å². The second kappa shape index (κ2) is 4.67. The van der Waals surface area contributed by atoms with Gasteiger partial charge in [0.2, 0.25) is 0 Å². The molecule has 0 aliphatic rings. The molecule has 0 fully saturated rings. The monoisotopic (exact) mass is 188 g/mol. The Balaban J connectivity index is 2.66. The number of benzene rings is 1. The molecule has 11 heavy (non-hydrogen) atoms. The van der Waals surface area contributed by atoms with Crippen LogP contribution in [-0.2, 0) is 5.75 Å². The van der Waals surface area contributed by atoms with Gasteiger partial charge in [-0.2, -0.15) is 15.6 Å². The summed E-state index contributed by atoms with van der Waals surface area (Å²) in [6.45, 7) is 0. The van der Waals surface area contributed by atoms with Crippen LogP contribution >= 0.6 is 23.9 Å². The van der Waals surface area contributed by atoms with Gasteiger partial charge in [0.15, 0.2) is 0 Å². The molecule has 0 spiro atoms. The molecule has 0 aromatic heterocycles. The van der Waals surface area contributed by atoms with Gasteiger partial charge in [-0.1, -0.05) is 12.1 Å². The summed E-state index contributed by atoms with van der Waals surface area (Å²) in [6.07, 6.45) is 2.05. The zero-order chi connectivity index (χ0) is 8.10. The zero-order valence-electron chi connectivity index (χ0n) is 6.21. The third-order valence-corrected chi connectivity index (χ3v) is 2.40. The minimum absolute atomic E-state index is 0.289. The van der Waals surface area contributed by atoms with Crippen LogP contribution in [0.4, 0.5) is 3.89 Å². The lowest BCUT2D eigenvalue weighted by Crippen LogP contribution is -1.77. The maximum atomic E-state index is 12.0. The van der Waals surface area contributed by atoms with Gasteiger partial charge in [-0.25, -0.2) is 0 Å². The van der Waals surface area contributed by atoms with Gasteiger partial charge in [0, 0.05) is 10.6 Å². The highest BCUT2D eigenvalue weighted by Crippen LogP contribution is 2.19. The summed E-state index contributed by atoms with van der Waals surface area (Å²) in [5, 5.41) is 0. The Labute approximate surface area is 74.9 Å². The second-order valence-corrected chi connectivity index (χ2v) is 3.65. The Kier molecular flexibility index (Phi) is 3.80. The van der Waals surface area contributed by atoms with Crippen LogP contribution < -0.4 is 0 Å². The van der Waals surface area contributed by atoms with E-state index in [4.69, 9.17) is 0 Å². The van der Waals surface area contributed by atoms with E-state index in [1.54, 1.807) is 23.9 Å². The summed E-state index contributed by atoms with van der Waals surface area (Å²) < 4.78 is 12.0. The Bertz CT molecular complexity index is 208. The first-order valence-corrected chi connectivity index (χ1v) is 5.34. The summed E-state index contributed by atoms with van der Waals surface area (Å²) >= 11 is 2.06. The lowest BCUT2D eigenvalue weighted by molar-refractivity contribution is 0.934. The van der Waals surface area contributed by atoms with Gasteiger partial charge < -0.3 is 0 Å². The average molecular weight is 188 g/mol. The molecule has 0 heterocycles. The molecule has 1 aromatic carbocycles. The van der Waals surface area contributed by atoms with Crippen molar-refractivity contribution in [3.8, 4) is 0 Å². The number of hydrogen-bond donors (Lipinski definition) is 0. The first kappa shape index (κ1) is 8.94. The van der Waals surface area contributed by atoms with E-state index in [9.17, 15) is 3.89 Å². The van der Waals surface area contributed by atoms with Crippen LogP contribution in [-0.4, -0.2) is 6.26 Å². The van der Waals surface area contributed by atoms with Crippen molar-refractivity contribution in [1.29, 1.82) is 0 Å². The van der Waals surface area contributed by atoms with E-state index >= 15 is 0 Å². The SMILES string of the molecule is CSCc1ccc(SF)cc1. The molecule has 0 atom stereocenters. The zero-order valence-corrected chi connectivity index (χ0v) is 7.84. The van der Waals surface area contributed by atoms with Gasteiger partial charge in [0.25, 0.3) is 0 Å². The van der Waals surface area contributed by atoms with Crippen LogP contribution in [0.3, 0.4) is 0 Å². The summed E-state index contributed by atoms with van der Waals surface area (Å²) in [7, 11) is 0. The van der Waals surface area contributed by atoms with Crippen LogP contribution in [0.15, 0.2) is 29.2 Å². The van der Waals surface area contributed by atoms with Crippen molar-refractivity contribution < 1.29 is 3.89 Å². The van der Waals surface area contributed by atoms with E-state index in [2.05, 4.69) is 6.26 Å². The highest BCUT2D eigenvalue weighted by atomic mass is 32.2. The van der Waals surface area contributed by atoms with Crippen LogP contribution in [0.1, 0.15) is 5.56 Å². The predicted molar refractivity (Wildman–Crippen MR) is 50.6 cm³/mol. The quantitative estimate of drug-likeness (QED) is 0.711. The van der Waals surface area contributed by atoms with Gasteiger partial charge in [0.1, 0.15) is 0 Å². The fraction of sp³-hybridized carbons (Fsp3) is 0.250. The van der Waals surface area contributed by atoms with E-state index in [-0.39, 0.29) is 12.1 Å². The maximum absolute atomic E-state index is 12.0. The normalized spacial score (nSPS) is 10.0. The van der Waals surface area contributed by atoms with Gasteiger partial charge >= 0.3 is 0 Å². The summed E-state index contributed by atoms with van der Waals surface area (Å²) in [4.78, 5) is 0.676. The van der Waals surface area contributed by atoms with Crippen molar-refractivity contribution in [1.82, 2.24) is 0 Å². The largest absolute Gasteiger partial charge is 0.161 e. The summed E-state index contributed by atoms with van der Waals surface area (Å²) in [6, 6.07) is 7.52. The van der Waals surface area contributed by atoms with Crippen LogP contribution in [0.2, 0.25) is 0 Å². The first-order valence-electron chi connectivity index (χ1n) is 3.23. The second-order valence-electron chi connectivity index (χ2n) is 2.15. The van der Waals surface area contributed by atoms with E-state index in [0.29, 0.717) is 4.90 Å². The van der Waals surface area contributed by atoms with Crippen molar-refractivity contribution in [2.75, 3.05) is 6.26 Å². The molecule has 0 N–H and O–H groups in total. The molecule has 0 bridgehead atoms. The molecule has 3 heteroatoms. The standard InChI is InChI=1S/C8H9FS2/c1-10-6-7-2-4-8(11-9)5-3-7/h2-5H,6H2,1H3. The Morgan fingerprint density at radius 1 is 1.27 bits per heavy atom. The predicted octanol–water partition coefficient (Wildman–Crippen LogP) is 3.53. The number of thioether (sulfide) groups is 1. The number of hydrogen-bond acceptors (Lipinski definition) is 2. The van der Waals surface area contributed by atoms with E-state index in [1.807, 2.05) is 12.1 Å². The average Bonchev–Trinajstić information content (AvgIpc) is 2.07. The van der Waals surface area contributed by atoms with Crippen molar-refractivity contribution in [2.24, 2.45) is 0 Å². The molecule has 60 valence electrons. The smallest absolute Gasteiger partial charge is 0.0812 e. The lowest BCUT2D eigenvalue weighted by atomic mass is 10.2. The maximum Gasteiger partial charge on any atom is 0.0812 e. The van der Waals surface area contributed by atoms with Gasteiger partial charge in [-0.15, -0.1) is 0 Å². The Morgan fingerprint density at radius 2 is 1.91 bits per heavy atom. The van der Waals surface area contributed by atoms with Crippen LogP contribution in [0.5, 0.6) is 0 Å². The van der Waals surface area contributed by atoms with E-state index < -0.39 is 0 Å². The third-order valence-electron chi connectivity index (χ3n) is 1.32. The third kappa shape index (κ3) is 2.75. The highest BCUT2D eigenvalue weighted by Gasteiger charge is 1.93. The van der Waals surface area contributed by atoms with Gasteiger partial charge in [0.05, 0.1) is 12.1 Å². The molecule has 0 saturated heterocycles. The molecule has 0 radical (unpaired) electrons. The topological polar surface area (TPSA) is 0 Å². The van der Waals surface area contributed by atoms with Crippen LogP contribution in [0, 0.1) is 0 Å². The molecule has 0 aliphatic carbocycles. The Hall–Kier alpha value is -0.150. The minimum Gasteiger partial charge on any atom is -0.161 e. The highest BCUT2D eigenvalue weighted by molar-refractivity contribution is 7.97. The molecule has 0 nitrogen and oxygen atoms in total. The summed E-state index contributed by atoms with van der Waals surface area (Å²) in [5.74, 6) is 0.997. The minimum atomic E-state index is 0.289. The lowest BCUT2D eigenvalue weighted by Gasteiger charge is -1.97. The van der Waals surface area contributed by atoms with Crippen molar-refractivity contribution >= 4 is 23.9 Å². The molecule has 0 saturated carbocycles. The molecular weight excluding hydrogens is 179 g/mol. The Morgan fingerprint density at radius 3 is 2.36 bits per heavy atom. The molecule has 0 unspecified atom stereocenters. The van der Waals surface area contributed by atoms with E-state index in [0.717, 1.165) is 5.75 Å². The van der Waals surface area contributed by atoms with E-state index in [1.165, 1.54) is 5.56 Å². The van der Waals surface area contributed by atoms with Crippen LogP contribution in [0.25, 0.3) is 0 Å². The molecular formula is C8H9FS2. The fourth-order valence-electron chi connectivity index (χ4n) is 0.804. The van der Waals surface area contributed by atoms with Crippen molar-refractivity contribution in [3.05, 3.63) is 29.8 Å². The van der Waals surface area contributed by atoms with Gasteiger partial charge in [-0.05, 0) is 24.0 Å². The number of rotatable bonds is 3. The molecule has 0 aliphatic heterocycles. The molecule has 1 aromatic rings. The number of halogens is 1. The van der Waals surface area contributed by atoms with Crippen molar-refractivity contribution in [2.45, 2.75) is 10.6 Å². The van der Waals surface area contributed by atoms with Crippen molar-refractivity contribution in [3.63, 3.8) is 0 Å². The first-order chi connectivity index (χ1) is 5.36. The molecule has 1 rings (SSSR count). The molecule has 0 amide bonds. The fourth-order valence-corrected chi connectivity index (χ4v) is 1.57.